The minimum atomic E-state index is -0.319. The molecule has 6 nitrogen and oxygen atoms in total. The number of nitrogens with one attached hydrogen (secondary N) is 1. The molecule has 0 fully saturated rings. The molecular weight excluding hydrogens is 322 g/mol. The second-order valence-electron chi connectivity index (χ2n) is 6.12. The molecule has 1 N–H and O–H groups in total. The number of ether oxygens (including phenoxy) is 3. The summed E-state index contributed by atoms with van der Waals surface area (Å²) in [6.07, 6.45) is 0.599. The Bertz CT molecular complexity index is 861. The number of Topliss-reactive ketones (excluding diaryl/α,β-unsaturated/α-hetero) is 1. The highest BCUT2D eigenvalue weighted by Crippen LogP contribution is 2.37. The highest BCUT2D eigenvalue weighted by molar-refractivity contribution is 6.05. The van der Waals surface area contributed by atoms with Crippen molar-refractivity contribution in [3.05, 3.63) is 47.5 Å². The third-order valence-electron chi connectivity index (χ3n) is 4.40. The monoisotopic (exact) mass is 339 g/mol. The first-order chi connectivity index (χ1) is 12.1. The van der Waals surface area contributed by atoms with Crippen molar-refractivity contribution in [2.24, 2.45) is 5.92 Å². The molecule has 0 aromatic heterocycles. The lowest BCUT2D eigenvalue weighted by Gasteiger charge is -2.24. The van der Waals surface area contributed by atoms with E-state index in [0.29, 0.717) is 35.8 Å². The zero-order valence-electron chi connectivity index (χ0n) is 13.7. The van der Waals surface area contributed by atoms with Crippen molar-refractivity contribution in [2.45, 2.75) is 13.3 Å². The number of carbonyl (C=O) groups is 2. The molecule has 2 aliphatic rings. The van der Waals surface area contributed by atoms with Crippen LogP contribution in [0.15, 0.2) is 36.4 Å². The molecule has 25 heavy (non-hydrogen) atoms. The van der Waals surface area contributed by atoms with Gasteiger partial charge in [-0.1, -0.05) is 18.2 Å². The fourth-order valence-corrected chi connectivity index (χ4v) is 3.07. The number of ketones is 1. The minimum absolute atomic E-state index is 0.108. The Kier molecular flexibility index (Phi) is 3.80. The molecular formula is C19H17NO5. The molecule has 1 atom stereocenters. The fraction of sp³-hybridized carbons (Fsp3) is 0.263. The summed E-state index contributed by atoms with van der Waals surface area (Å²) in [5, 5.41) is 2.85. The van der Waals surface area contributed by atoms with E-state index in [-0.39, 0.29) is 24.4 Å². The molecule has 0 radical (unpaired) electrons. The van der Waals surface area contributed by atoms with Crippen LogP contribution in [0.4, 0.5) is 5.69 Å². The molecule has 128 valence electrons. The second kappa shape index (κ2) is 6.12. The van der Waals surface area contributed by atoms with Gasteiger partial charge in [0.2, 0.25) is 12.7 Å². The van der Waals surface area contributed by atoms with E-state index in [1.165, 1.54) is 6.92 Å². The summed E-state index contributed by atoms with van der Waals surface area (Å²) in [7, 11) is 0. The molecule has 0 saturated heterocycles. The first kappa shape index (κ1) is 15.5. The topological polar surface area (TPSA) is 73.9 Å². The normalized spacial score (nSPS) is 17.4. The van der Waals surface area contributed by atoms with E-state index < -0.39 is 0 Å². The molecule has 1 unspecified atom stereocenters. The third-order valence-corrected chi connectivity index (χ3v) is 4.40. The van der Waals surface area contributed by atoms with Crippen LogP contribution in [0.1, 0.15) is 22.8 Å². The van der Waals surface area contributed by atoms with Gasteiger partial charge in [-0.05, 0) is 31.0 Å². The molecule has 4 rings (SSSR count). The summed E-state index contributed by atoms with van der Waals surface area (Å²) in [6.45, 7) is 1.87. The third kappa shape index (κ3) is 2.91. The van der Waals surface area contributed by atoms with Crippen LogP contribution in [-0.4, -0.2) is 25.1 Å². The SMILES string of the molecule is CC(=O)c1cc2c(cc1NC(=O)C1COc3ccccc3C1)OCO2. The van der Waals surface area contributed by atoms with Crippen molar-refractivity contribution < 1.29 is 23.8 Å². The van der Waals surface area contributed by atoms with E-state index in [1.54, 1.807) is 12.1 Å². The van der Waals surface area contributed by atoms with Gasteiger partial charge in [0.25, 0.3) is 0 Å². The van der Waals surface area contributed by atoms with Gasteiger partial charge >= 0.3 is 0 Å². The number of hydrogen-bond acceptors (Lipinski definition) is 5. The molecule has 0 bridgehead atoms. The second-order valence-corrected chi connectivity index (χ2v) is 6.12. The molecule has 0 spiro atoms. The number of rotatable bonds is 3. The molecule has 6 heteroatoms. The number of fused-ring (bicyclic) bond motifs is 2. The van der Waals surface area contributed by atoms with E-state index in [0.717, 1.165) is 11.3 Å². The molecule has 0 saturated carbocycles. The Labute approximate surface area is 144 Å². The van der Waals surface area contributed by atoms with Crippen LogP contribution in [-0.2, 0) is 11.2 Å². The highest BCUT2D eigenvalue weighted by Gasteiger charge is 2.27. The van der Waals surface area contributed by atoms with Crippen LogP contribution < -0.4 is 19.5 Å². The summed E-state index contributed by atoms with van der Waals surface area (Å²) >= 11 is 0. The maximum atomic E-state index is 12.7. The Morgan fingerprint density at radius 1 is 1.04 bits per heavy atom. The van der Waals surface area contributed by atoms with Gasteiger partial charge in [0.15, 0.2) is 17.3 Å². The van der Waals surface area contributed by atoms with E-state index in [2.05, 4.69) is 5.32 Å². The predicted molar refractivity (Wildman–Crippen MR) is 90.3 cm³/mol. The van der Waals surface area contributed by atoms with Crippen LogP contribution in [0.2, 0.25) is 0 Å². The highest BCUT2D eigenvalue weighted by atomic mass is 16.7. The number of carbonyl (C=O) groups excluding carboxylic acids is 2. The van der Waals surface area contributed by atoms with Crippen LogP contribution in [0, 0.1) is 5.92 Å². The Morgan fingerprint density at radius 3 is 2.60 bits per heavy atom. The summed E-state index contributed by atoms with van der Waals surface area (Å²) in [4.78, 5) is 24.6. The van der Waals surface area contributed by atoms with Crippen LogP contribution >= 0.6 is 0 Å². The Morgan fingerprint density at radius 2 is 1.80 bits per heavy atom. The molecule has 2 heterocycles. The smallest absolute Gasteiger partial charge is 0.231 e. The minimum Gasteiger partial charge on any atom is -0.492 e. The predicted octanol–water partition coefficient (Wildman–Crippen LogP) is 2.81. The summed E-state index contributed by atoms with van der Waals surface area (Å²) < 4.78 is 16.3. The van der Waals surface area contributed by atoms with Gasteiger partial charge < -0.3 is 19.5 Å². The fourth-order valence-electron chi connectivity index (χ4n) is 3.07. The maximum absolute atomic E-state index is 12.7. The number of anilines is 1. The van der Waals surface area contributed by atoms with Crippen molar-refractivity contribution in [3.8, 4) is 17.2 Å². The first-order valence-corrected chi connectivity index (χ1v) is 8.08. The Hall–Kier alpha value is -3.02. The van der Waals surface area contributed by atoms with Crippen LogP contribution in [0.5, 0.6) is 17.2 Å². The lowest BCUT2D eigenvalue weighted by molar-refractivity contribution is -0.121. The van der Waals surface area contributed by atoms with Gasteiger partial charge in [0.1, 0.15) is 12.4 Å². The van der Waals surface area contributed by atoms with Crippen molar-refractivity contribution in [2.75, 3.05) is 18.7 Å². The van der Waals surface area contributed by atoms with Gasteiger partial charge in [0, 0.05) is 11.6 Å². The standard InChI is InChI=1S/C19H17NO5/c1-11(21)14-7-17-18(25-10-24-17)8-15(14)20-19(22)13-6-12-4-2-3-5-16(12)23-9-13/h2-5,7-8,13H,6,9-10H2,1H3,(H,20,22). The van der Waals surface area contributed by atoms with Crippen molar-refractivity contribution in [1.29, 1.82) is 0 Å². The quantitative estimate of drug-likeness (QED) is 0.871. The van der Waals surface area contributed by atoms with Crippen molar-refractivity contribution in [3.63, 3.8) is 0 Å². The van der Waals surface area contributed by atoms with E-state index in [1.807, 2.05) is 24.3 Å². The zero-order chi connectivity index (χ0) is 17.4. The lowest BCUT2D eigenvalue weighted by Crippen LogP contribution is -2.33. The summed E-state index contributed by atoms with van der Waals surface area (Å²) in [5.74, 6) is 1.19. The Balaban J connectivity index is 1.56. The average Bonchev–Trinajstić information content (AvgIpc) is 3.07. The molecule has 2 aromatic carbocycles. The number of para-hydroxylation sites is 1. The maximum Gasteiger partial charge on any atom is 0.231 e. The number of hydrogen-bond donors (Lipinski definition) is 1. The van der Waals surface area contributed by atoms with Crippen molar-refractivity contribution in [1.82, 2.24) is 0 Å². The molecule has 0 aliphatic carbocycles. The van der Waals surface area contributed by atoms with Crippen molar-refractivity contribution >= 4 is 17.4 Å². The number of benzene rings is 2. The molecule has 2 aromatic rings. The lowest BCUT2D eigenvalue weighted by atomic mass is 9.95. The number of amides is 1. The van der Waals surface area contributed by atoms with Crippen LogP contribution in [0.3, 0.4) is 0 Å². The van der Waals surface area contributed by atoms with Gasteiger partial charge in [-0.15, -0.1) is 0 Å². The van der Waals surface area contributed by atoms with E-state index in [4.69, 9.17) is 14.2 Å². The van der Waals surface area contributed by atoms with Crippen LogP contribution in [0.25, 0.3) is 0 Å². The van der Waals surface area contributed by atoms with E-state index in [9.17, 15) is 9.59 Å². The zero-order valence-corrected chi connectivity index (χ0v) is 13.7. The summed E-state index contributed by atoms with van der Waals surface area (Å²) in [5.41, 5.74) is 1.83. The van der Waals surface area contributed by atoms with Gasteiger partial charge in [-0.25, -0.2) is 0 Å². The average molecular weight is 339 g/mol. The first-order valence-electron chi connectivity index (χ1n) is 8.08. The van der Waals surface area contributed by atoms with Gasteiger partial charge in [-0.2, -0.15) is 0 Å². The van der Waals surface area contributed by atoms with Gasteiger partial charge in [-0.3, -0.25) is 9.59 Å². The molecule has 2 aliphatic heterocycles. The molecule has 1 amide bonds. The summed E-state index contributed by atoms with van der Waals surface area (Å²) in [6, 6.07) is 10.9. The van der Waals surface area contributed by atoms with Gasteiger partial charge in [0.05, 0.1) is 11.6 Å². The van der Waals surface area contributed by atoms with E-state index >= 15 is 0 Å². The largest absolute Gasteiger partial charge is 0.492 e.